The van der Waals surface area contributed by atoms with E-state index in [9.17, 15) is 9.59 Å². The van der Waals surface area contributed by atoms with Crippen LogP contribution in [0.1, 0.15) is 48.2 Å². The highest BCUT2D eigenvalue weighted by Gasteiger charge is 2.14. The molecule has 0 heterocycles. The first-order valence-electron chi connectivity index (χ1n) is 9.94. The number of carbonyl (C=O) groups excluding carboxylic acids is 2. The molecule has 0 spiro atoms. The Labute approximate surface area is 168 Å². The maximum absolute atomic E-state index is 12.7. The molecule has 0 aromatic heterocycles. The van der Waals surface area contributed by atoms with Crippen LogP contribution in [0.4, 0.5) is 11.4 Å². The molecular formula is C23H31N3O2. The highest BCUT2D eigenvalue weighted by atomic mass is 16.2. The molecule has 2 rings (SSSR count). The molecule has 5 heteroatoms. The molecule has 0 fully saturated rings. The Morgan fingerprint density at radius 3 is 2.14 bits per heavy atom. The summed E-state index contributed by atoms with van der Waals surface area (Å²) < 4.78 is 0. The van der Waals surface area contributed by atoms with Gasteiger partial charge in [0.2, 0.25) is 5.91 Å². The fraction of sp³-hybridized carbons (Fsp3) is 0.391. The van der Waals surface area contributed by atoms with E-state index < -0.39 is 0 Å². The van der Waals surface area contributed by atoms with Gasteiger partial charge in [-0.25, -0.2) is 0 Å². The second-order valence-corrected chi connectivity index (χ2v) is 7.15. The zero-order chi connectivity index (χ0) is 20.5. The number of hydrogen-bond donors (Lipinski definition) is 2. The monoisotopic (exact) mass is 381 g/mol. The predicted molar refractivity (Wildman–Crippen MR) is 116 cm³/mol. The molecule has 2 aromatic rings. The Morgan fingerprint density at radius 1 is 0.893 bits per heavy atom. The van der Waals surface area contributed by atoms with Crippen molar-refractivity contribution in [2.45, 2.75) is 40.5 Å². The van der Waals surface area contributed by atoms with E-state index in [1.807, 2.05) is 55.1 Å². The highest BCUT2D eigenvalue weighted by molar-refractivity contribution is 5.96. The number of rotatable bonds is 9. The molecule has 2 amide bonds. The van der Waals surface area contributed by atoms with E-state index in [-0.39, 0.29) is 18.4 Å². The highest BCUT2D eigenvalue weighted by Crippen LogP contribution is 2.15. The zero-order valence-electron chi connectivity index (χ0n) is 17.3. The smallest absolute Gasteiger partial charge is 0.253 e. The summed E-state index contributed by atoms with van der Waals surface area (Å²) in [5, 5.41) is 6.02. The van der Waals surface area contributed by atoms with Crippen molar-refractivity contribution in [2.75, 3.05) is 30.3 Å². The third-order valence-electron chi connectivity index (χ3n) is 4.34. The lowest BCUT2D eigenvalue weighted by Gasteiger charge is -2.21. The van der Waals surface area contributed by atoms with Crippen molar-refractivity contribution >= 4 is 23.2 Å². The molecule has 0 saturated carbocycles. The SMILES string of the molecule is CCCN(CCC)C(=O)c1cccc(NCC(=O)Nc2cc(C)cc(C)c2)c1. The largest absolute Gasteiger partial charge is 0.376 e. The zero-order valence-corrected chi connectivity index (χ0v) is 17.3. The minimum atomic E-state index is -0.125. The van der Waals surface area contributed by atoms with Gasteiger partial charge in [-0.1, -0.05) is 26.0 Å². The van der Waals surface area contributed by atoms with Gasteiger partial charge in [0.15, 0.2) is 0 Å². The number of aryl methyl sites for hydroxylation is 2. The second kappa shape index (κ2) is 10.5. The van der Waals surface area contributed by atoms with Crippen molar-refractivity contribution in [1.29, 1.82) is 0 Å². The summed E-state index contributed by atoms with van der Waals surface area (Å²) in [4.78, 5) is 26.9. The van der Waals surface area contributed by atoms with Gasteiger partial charge in [0.1, 0.15) is 0 Å². The van der Waals surface area contributed by atoms with Gasteiger partial charge in [-0.15, -0.1) is 0 Å². The lowest BCUT2D eigenvalue weighted by Crippen LogP contribution is -2.32. The summed E-state index contributed by atoms with van der Waals surface area (Å²) in [7, 11) is 0. The van der Waals surface area contributed by atoms with Crippen LogP contribution in [0.3, 0.4) is 0 Å². The Balaban J connectivity index is 1.98. The minimum Gasteiger partial charge on any atom is -0.376 e. The fourth-order valence-electron chi connectivity index (χ4n) is 3.23. The molecule has 28 heavy (non-hydrogen) atoms. The van der Waals surface area contributed by atoms with Gasteiger partial charge in [-0.2, -0.15) is 0 Å². The molecule has 0 aliphatic rings. The van der Waals surface area contributed by atoms with Crippen LogP contribution in [-0.2, 0) is 4.79 Å². The first kappa shape index (κ1) is 21.5. The molecule has 2 N–H and O–H groups in total. The van der Waals surface area contributed by atoms with Crippen LogP contribution in [0, 0.1) is 13.8 Å². The first-order chi connectivity index (χ1) is 13.4. The van der Waals surface area contributed by atoms with Crippen LogP contribution in [0.25, 0.3) is 0 Å². The number of anilines is 2. The van der Waals surface area contributed by atoms with Gasteiger partial charge in [0.25, 0.3) is 5.91 Å². The fourth-order valence-corrected chi connectivity index (χ4v) is 3.23. The normalized spacial score (nSPS) is 10.4. The Bertz CT molecular complexity index is 791. The van der Waals surface area contributed by atoms with Crippen LogP contribution in [0.5, 0.6) is 0 Å². The quantitative estimate of drug-likeness (QED) is 0.666. The summed E-state index contributed by atoms with van der Waals surface area (Å²) in [6, 6.07) is 13.3. The molecule has 5 nitrogen and oxygen atoms in total. The van der Waals surface area contributed by atoms with Gasteiger partial charge in [0.05, 0.1) is 6.54 Å². The number of hydrogen-bond acceptors (Lipinski definition) is 3. The third kappa shape index (κ3) is 6.41. The summed E-state index contributed by atoms with van der Waals surface area (Å²) in [6.07, 6.45) is 1.87. The topological polar surface area (TPSA) is 61.4 Å². The summed E-state index contributed by atoms with van der Waals surface area (Å²) in [6.45, 7) is 9.79. The van der Waals surface area contributed by atoms with E-state index in [4.69, 9.17) is 0 Å². The molecule has 0 aliphatic heterocycles. The van der Waals surface area contributed by atoms with Crippen molar-refractivity contribution in [2.24, 2.45) is 0 Å². The minimum absolute atomic E-state index is 0.0343. The van der Waals surface area contributed by atoms with E-state index in [2.05, 4.69) is 30.5 Å². The average molecular weight is 382 g/mol. The lowest BCUT2D eigenvalue weighted by molar-refractivity contribution is -0.114. The molecule has 0 bridgehead atoms. The van der Waals surface area contributed by atoms with Gasteiger partial charge in [-0.3, -0.25) is 9.59 Å². The predicted octanol–water partition coefficient (Wildman–Crippen LogP) is 4.62. The molecule has 150 valence electrons. The lowest BCUT2D eigenvalue weighted by atomic mass is 10.1. The average Bonchev–Trinajstić information content (AvgIpc) is 2.65. The van der Waals surface area contributed by atoms with Crippen LogP contribution >= 0.6 is 0 Å². The van der Waals surface area contributed by atoms with E-state index in [1.165, 1.54) is 0 Å². The number of nitrogens with zero attached hydrogens (tertiary/aromatic N) is 1. The van der Waals surface area contributed by atoms with Gasteiger partial charge in [0, 0.05) is 30.0 Å². The van der Waals surface area contributed by atoms with Gasteiger partial charge in [-0.05, 0) is 68.1 Å². The maximum Gasteiger partial charge on any atom is 0.253 e. The Hall–Kier alpha value is -2.82. The molecule has 0 radical (unpaired) electrons. The molecule has 0 aliphatic carbocycles. The van der Waals surface area contributed by atoms with Crippen LogP contribution < -0.4 is 10.6 Å². The molecule has 0 saturated heterocycles. The van der Waals surface area contributed by atoms with Crippen molar-refractivity contribution in [3.63, 3.8) is 0 Å². The van der Waals surface area contributed by atoms with Crippen LogP contribution in [0.2, 0.25) is 0 Å². The van der Waals surface area contributed by atoms with Gasteiger partial charge < -0.3 is 15.5 Å². The second-order valence-electron chi connectivity index (χ2n) is 7.15. The summed E-state index contributed by atoms with van der Waals surface area (Å²) >= 11 is 0. The van der Waals surface area contributed by atoms with Gasteiger partial charge >= 0.3 is 0 Å². The standard InChI is InChI=1S/C23H31N3O2/c1-5-10-26(11-6-2)23(28)19-8-7-9-20(15-19)24-16-22(27)25-21-13-17(3)12-18(4)14-21/h7-9,12-15,24H,5-6,10-11,16H2,1-4H3,(H,25,27). The number of amides is 2. The van der Waals surface area contributed by atoms with Crippen LogP contribution in [0.15, 0.2) is 42.5 Å². The number of nitrogens with one attached hydrogen (secondary N) is 2. The molecule has 2 aromatic carbocycles. The van der Waals surface area contributed by atoms with E-state index in [1.54, 1.807) is 0 Å². The summed E-state index contributed by atoms with van der Waals surface area (Å²) in [5.74, 6) is -0.0904. The number of carbonyl (C=O) groups is 2. The van der Waals surface area contributed by atoms with E-state index >= 15 is 0 Å². The van der Waals surface area contributed by atoms with Crippen molar-refractivity contribution in [3.8, 4) is 0 Å². The van der Waals surface area contributed by atoms with Crippen LogP contribution in [-0.4, -0.2) is 36.3 Å². The van der Waals surface area contributed by atoms with Crippen molar-refractivity contribution in [1.82, 2.24) is 4.90 Å². The van der Waals surface area contributed by atoms with E-state index in [0.29, 0.717) is 5.56 Å². The third-order valence-corrected chi connectivity index (χ3v) is 4.34. The van der Waals surface area contributed by atoms with E-state index in [0.717, 1.165) is 48.4 Å². The summed E-state index contributed by atoms with van der Waals surface area (Å²) in [5.41, 5.74) is 4.41. The molecule has 0 atom stereocenters. The van der Waals surface area contributed by atoms with Crippen molar-refractivity contribution in [3.05, 3.63) is 59.2 Å². The molecule has 0 unspecified atom stereocenters. The molecular weight excluding hydrogens is 350 g/mol. The first-order valence-corrected chi connectivity index (χ1v) is 9.94. The Kier molecular flexibility index (Phi) is 8.05. The number of benzene rings is 2. The van der Waals surface area contributed by atoms with Crippen molar-refractivity contribution < 1.29 is 9.59 Å². The maximum atomic E-state index is 12.7. The Morgan fingerprint density at radius 2 is 1.54 bits per heavy atom.